The number of phenols is 1. The summed E-state index contributed by atoms with van der Waals surface area (Å²) in [7, 11) is 0. The topological polar surface area (TPSA) is 46.2 Å². The molecule has 76 valence electrons. The molecule has 0 aliphatic heterocycles. The maximum atomic E-state index is 13.1. The molecule has 1 aromatic carbocycles. The Balaban J connectivity index is 2.32. The van der Waals surface area contributed by atoms with Crippen LogP contribution in [0.3, 0.4) is 0 Å². The molecule has 0 bridgehead atoms. The van der Waals surface area contributed by atoms with Gasteiger partial charge in [-0.25, -0.2) is 4.39 Å². The SMILES string of the molecule is NC1(Cc2cc(Br)cc(F)c2O)CC1. The summed E-state index contributed by atoms with van der Waals surface area (Å²) in [6.45, 7) is 0. The van der Waals surface area contributed by atoms with Crippen LogP contribution < -0.4 is 5.73 Å². The maximum absolute atomic E-state index is 13.1. The standard InChI is InChI=1S/C10H11BrFNO/c11-7-3-6(5-10(13)1-2-10)9(14)8(12)4-7/h3-4,14H,1-2,5,13H2. The third-order valence-electron chi connectivity index (χ3n) is 2.54. The molecule has 1 fully saturated rings. The molecule has 0 atom stereocenters. The Labute approximate surface area is 90.1 Å². The van der Waals surface area contributed by atoms with Gasteiger partial charge in [0.05, 0.1) is 0 Å². The number of aromatic hydroxyl groups is 1. The van der Waals surface area contributed by atoms with Crippen molar-refractivity contribution in [3.05, 3.63) is 28.0 Å². The van der Waals surface area contributed by atoms with E-state index in [0.29, 0.717) is 16.5 Å². The fourth-order valence-corrected chi connectivity index (χ4v) is 1.95. The lowest BCUT2D eigenvalue weighted by molar-refractivity contribution is 0.422. The molecule has 0 unspecified atom stereocenters. The van der Waals surface area contributed by atoms with Gasteiger partial charge in [0.25, 0.3) is 0 Å². The third-order valence-corrected chi connectivity index (χ3v) is 3.00. The van der Waals surface area contributed by atoms with Crippen molar-refractivity contribution in [1.29, 1.82) is 0 Å². The minimum Gasteiger partial charge on any atom is -0.505 e. The first-order chi connectivity index (χ1) is 6.50. The van der Waals surface area contributed by atoms with E-state index < -0.39 is 5.82 Å². The molecular weight excluding hydrogens is 249 g/mol. The zero-order chi connectivity index (χ0) is 10.3. The molecule has 1 aliphatic carbocycles. The fourth-order valence-electron chi connectivity index (χ4n) is 1.47. The van der Waals surface area contributed by atoms with Crippen molar-refractivity contribution in [2.24, 2.45) is 5.73 Å². The summed E-state index contributed by atoms with van der Waals surface area (Å²) in [5.41, 5.74) is 6.26. The highest BCUT2D eigenvalue weighted by Gasteiger charge is 2.38. The second-order valence-electron chi connectivity index (χ2n) is 3.93. The van der Waals surface area contributed by atoms with E-state index in [1.165, 1.54) is 6.07 Å². The van der Waals surface area contributed by atoms with Gasteiger partial charge < -0.3 is 10.8 Å². The van der Waals surface area contributed by atoms with Crippen molar-refractivity contribution in [3.8, 4) is 5.75 Å². The largest absolute Gasteiger partial charge is 0.505 e. The van der Waals surface area contributed by atoms with Crippen LogP contribution in [0.15, 0.2) is 16.6 Å². The van der Waals surface area contributed by atoms with Gasteiger partial charge in [0, 0.05) is 10.0 Å². The van der Waals surface area contributed by atoms with E-state index in [2.05, 4.69) is 15.9 Å². The predicted molar refractivity (Wildman–Crippen MR) is 55.6 cm³/mol. The number of phenolic OH excluding ortho intramolecular Hbond substituents is 1. The Hall–Kier alpha value is -0.610. The molecular formula is C10H11BrFNO. The smallest absolute Gasteiger partial charge is 0.166 e. The molecule has 0 heterocycles. The van der Waals surface area contributed by atoms with Gasteiger partial charge in [-0.2, -0.15) is 0 Å². The maximum Gasteiger partial charge on any atom is 0.166 e. The first-order valence-corrected chi connectivity index (χ1v) is 5.25. The first-order valence-electron chi connectivity index (χ1n) is 4.46. The summed E-state index contributed by atoms with van der Waals surface area (Å²) in [4.78, 5) is 0. The number of benzene rings is 1. The summed E-state index contributed by atoms with van der Waals surface area (Å²) in [6.07, 6.45) is 2.43. The fraction of sp³-hybridized carbons (Fsp3) is 0.400. The molecule has 1 aromatic rings. The van der Waals surface area contributed by atoms with Crippen LogP contribution in [0.25, 0.3) is 0 Å². The molecule has 0 aromatic heterocycles. The van der Waals surface area contributed by atoms with Gasteiger partial charge in [-0.3, -0.25) is 0 Å². The van der Waals surface area contributed by atoms with Crippen molar-refractivity contribution in [2.75, 3.05) is 0 Å². The van der Waals surface area contributed by atoms with Crippen LogP contribution >= 0.6 is 15.9 Å². The first kappa shape index (κ1) is 9.93. The Morgan fingerprint density at radius 2 is 2.14 bits per heavy atom. The molecule has 1 saturated carbocycles. The zero-order valence-corrected chi connectivity index (χ0v) is 9.14. The lowest BCUT2D eigenvalue weighted by Gasteiger charge is -2.11. The minimum absolute atomic E-state index is 0.218. The van der Waals surface area contributed by atoms with E-state index in [1.807, 2.05) is 0 Å². The van der Waals surface area contributed by atoms with Gasteiger partial charge in [-0.15, -0.1) is 0 Å². The zero-order valence-electron chi connectivity index (χ0n) is 7.56. The van der Waals surface area contributed by atoms with Crippen LogP contribution in [-0.4, -0.2) is 10.6 Å². The average molecular weight is 260 g/mol. The molecule has 0 amide bonds. The van der Waals surface area contributed by atoms with Crippen LogP contribution in [0.1, 0.15) is 18.4 Å². The number of hydrogen-bond acceptors (Lipinski definition) is 2. The summed E-state index contributed by atoms with van der Waals surface area (Å²) < 4.78 is 13.7. The lowest BCUT2D eigenvalue weighted by Crippen LogP contribution is -2.24. The Bertz CT molecular complexity index is 377. The van der Waals surface area contributed by atoms with Crippen molar-refractivity contribution in [3.63, 3.8) is 0 Å². The van der Waals surface area contributed by atoms with E-state index >= 15 is 0 Å². The summed E-state index contributed by atoms with van der Waals surface area (Å²) in [5.74, 6) is -0.872. The Morgan fingerprint density at radius 3 is 2.71 bits per heavy atom. The van der Waals surface area contributed by atoms with Gasteiger partial charge in [0.1, 0.15) is 0 Å². The molecule has 0 spiro atoms. The van der Waals surface area contributed by atoms with Crippen LogP contribution in [-0.2, 0) is 6.42 Å². The van der Waals surface area contributed by atoms with Crippen molar-refractivity contribution < 1.29 is 9.50 Å². The highest BCUT2D eigenvalue weighted by molar-refractivity contribution is 9.10. The predicted octanol–water partition coefficient (Wildman–Crippen LogP) is 2.33. The van der Waals surface area contributed by atoms with Crippen molar-refractivity contribution in [2.45, 2.75) is 24.8 Å². The van der Waals surface area contributed by atoms with E-state index in [0.717, 1.165) is 12.8 Å². The van der Waals surface area contributed by atoms with Gasteiger partial charge in [-0.05, 0) is 37.0 Å². The highest BCUT2D eigenvalue weighted by atomic mass is 79.9. The second kappa shape index (κ2) is 3.21. The number of halogens is 2. The van der Waals surface area contributed by atoms with E-state index in [9.17, 15) is 9.50 Å². The minimum atomic E-state index is -0.598. The van der Waals surface area contributed by atoms with Gasteiger partial charge in [0.2, 0.25) is 0 Å². The Morgan fingerprint density at radius 1 is 1.50 bits per heavy atom. The number of hydrogen-bond donors (Lipinski definition) is 2. The molecule has 4 heteroatoms. The normalized spacial score (nSPS) is 18.2. The van der Waals surface area contributed by atoms with Crippen LogP contribution in [0.4, 0.5) is 4.39 Å². The van der Waals surface area contributed by atoms with E-state index in [4.69, 9.17) is 5.73 Å². The van der Waals surface area contributed by atoms with Crippen LogP contribution in [0.5, 0.6) is 5.75 Å². The molecule has 1 aliphatic rings. The lowest BCUT2D eigenvalue weighted by atomic mass is 10.0. The molecule has 0 saturated heterocycles. The monoisotopic (exact) mass is 259 g/mol. The molecule has 2 rings (SSSR count). The number of rotatable bonds is 2. The van der Waals surface area contributed by atoms with Gasteiger partial charge in [0.15, 0.2) is 11.6 Å². The second-order valence-corrected chi connectivity index (χ2v) is 4.85. The highest BCUT2D eigenvalue weighted by Crippen LogP contribution is 2.38. The van der Waals surface area contributed by atoms with Crippen LogP contribution in [0, 0.1) is 5.82 Å². The van der Waals surface area contributed by atoms with Crippen LogP contribution in [0.2, 0.25) is 0 Å². The summed E-state index contributed by atoms with van der Waals surface area (Å²) in [5, 5.41) is 9.46. The van der Waals surface area contributed by atoms with E-state index in [-0.39, 0.29) is 11.3 Å². The van der Waals surface area contributed by atoms with Gasteiger partial charge >= 0.3 is 0 Å². The molecule has 3 N–H and O–H groups in total. The molecule has 2 nitrogen and oxygen atoms in total. The quantitative estimate of drug-likeness (QED) is 0.857. The van der Waals surface area contributed by atoms with Crippen molar-refractivity contribution >= 4 is 15.9 Å². The van der Waals surface area contributed by atoms with Crippen molar-refractivity contribution in [1.82, 2.24) is 0 Å². The summed E-state index contributed by atoms with van der Waals surface area (Å²) in [6, 6.07) is 2.96. The third kappa shape index (κ3) is 1.91. The van der Waals surface area contributed by atoms with E-state index in [1.54, 1.807) is 6.07 Å². The average Bonchev–Trinajstić information content (AvgIpc) is 2.79. The van der Waals surface area contributed by atoms with Gasteiger partial charge in [-0.1, -0.05) is 15.9 Å². The summed E-state index contributed by atoms with van der Waals surface area (Å²) >= 11 is 3.18. The number of nitrogens with two attached hydrogens (primary N) is 1. The molecule has 0 radical (unpaired) electrons. The molecule has 14 heavy (non-hydrogen) atoms. The Kier molecular flexibility index (Phi) is 2.27.